The third kappa shape index (κ3) is 3.52. The molecule has 4 nitrogen and oxygen atoms in total. The Hall–Kier alpha value is -1.20. The number of nitrogens with one attached hydrogen (secondary N) is 1. The number of aryl methyl sites for hydroxylation is 3. The average molecular weight is 304 g/mol. The summed E-state index contributed by atoms with van der Waals surface area (Å²) < 4.78 is 2.08. The lowest BCUT2D eigenvalue weighted by Crippen LogP contribution is -2.14. The van der Waals surface area contributed by atoms with Crippen molar-refractivity contribution >= 4 is 11.3 Å². The minimum Gasteiger partial charge on any atom is -0.309 e. The molecule has 114 valence electrons. The Bertz CT molecular complexity index is 610. The van der Waals surface area contributed by atoms with E-state index in [-0.39, 0.29) is 0 Å². The standard InChI is InChI=1S/C16H24N4S/c1-4-15-18-16(5-2)20(19-15)10-12-8-14(21-11(12)3)9-17-13-6-7-13/h8,13,17H,4-7,9-10H2,1-3H3. The lowest BCUT2D eigenvalue weighted by molar-refractivity contribution is 0.635. The predicted octanol–water partition coefficient (Wildman–Crippen LogP) is 3.07. The molecule has 0 saturated heterocycles. The maximum atomic E-state index is 4.62. The molecule has 1 aliphatic rings. The van der Waals surface area contributed by atoms with Crippen LogP contribution >= 0.6 is 11.3 Å². The van der Waals surface area contributed by atoms with Crippen molar-refractivity contribution in [3.05, 3.63) is 33.0 Å². The van der Waals surface area contributed by atoms with Crippen LogP contribution < -0.4 is 5.32 Å². The SMILES string of the molecule is CCc1nc(CC)n(Cc2cc(CNC3CC3)sc2C)n1. The minimum absolute atomic E-state index is 0.768. The summed E-state index contributed by atoms with van der Waals surface area (Å²) in [5.41, 5.74) is 1.38. The highest BCUT2D eigenvalue weighted by molar-refractivity contribution is 7.12. The van der Waals surface area contributed by atoms with Crippen LogP contribution in [0.4, 0.5) is 0 Å². The first kappa shape index (κ1) is 14.7. The van der Waals surface area contributed by atoms with Crippen LogP contribution in [0.2, 0.25) is 0 Å². The fraction of sp³-hybridized carbons (Fsp3) is 0.625. The Kier molecular flexibility index (Phi) is 4.40. The summed E-state index contributed by atoms with van der Waals surface area (Å²) in [4.78, 5) is 7.43. The smallest absolute Gasteiger partial charge is 0.150 e. The van der Waals surface area contributed by atoms with Crippen molar-refractivity contribution in [2.24, 2.45) is 0 Å². The van der Waals surface area contributed by atoms with Gasteiger partial charge >= 0.3 is 0 Å². The van der Waals surface area contributed by atoms with E-state index in [0.717, 1.165) is 43.6 Å². The molecule has 21 heavy (non-hydrogen) atoms. The molecule has 2 heterocycles. The van der Waals surface area contributed by atoms with Gasteiger partial charge in [0.05, 0.1) is 6.54 Å². The lowest BCUT2D eigenvalue weighted by Gasteiger charge is -2.03. The monoisotopic (exact) mass is 304 g/mol. The van der Waals surface area contributed by atoms with Gasteiger partial charge in [-0.1, -0.05) is 13.8 Å². The van der Waals surface area contributed by atoms with E-state index in [1.165, 1.54) is 28.2 Å². The molecule has 1 saturated carbocycles. The lowest BCUT2D eigenvalue weighted by atomic mass is 10.2. The number of hydrogen-bond donors (Lipinski definition) is 1. The molecule has 0 bridgehead atoms. The summed E-state index contributed by atoms with van der Waals surface area (Å²) >= 11 is 1.91. The van der Waals surface area contributed by atoms with E-state index >= 15 is 0 Å². The maximum Gasteiger partial charge on any atom is 0.150 e. The van der Waals surface area contributed by atoms with Crippen molar-refractivity contribution < 1.29 is 0 Å². The van der Waals surface area contributed by atoms with Gasteiger partial charge in [0.15, 0.2) is 5.82 Å². The minimum atomic E-state index is 0.768. The number of nitrogens with zero attached hydrogens (tertiary/aromatic N) is 3. The van der Waals surface area contributed by atoms with Crippen LogP contribution in [0, 0.1) is 6.92 Å². The highest BCUT2D eigenvalue weighted by atomic mass is 32.1. The fourth-order valence-corrected chi connectivity index (χ4v) is 3.49. The zero-order valence-corrected chi connectivity index (χ0v) is 14.0. The molecule has 0 aliphatic heterocycles. The Labute approximate surface area is 130 Å². The second-order valence-electron chi connectivity index (χ2n) is 5.76. The first-order valence-corrected chi connectivity index (χ1v) is 8.75. The van der Waals surface area contributed by atoms with E-state index < -0.39 is 0 Å². The Morgan fingerprint density at radius 3 is 2.81 bits per heavy atom. The van der Waals surface area contributed by atoms with Crippen molar-refractivity contribution in [3.8, 4) is 0 Å². The molecular formula is C16H24N4S. The second-order valence-corrected chi connectivity index (χ2v) is 7.10. The van der Waals surface area contributed by atoms with E-state index in [1.54, 1.807) is 0 Å². The van der Waals surface area contributed by atoms with Crippen LogP contribution in [0.15, 0.2) is 6.07 Å². The van der Waals surface area contributed by atoms with Crippen molar-refractivity contribution in [1.82, 2.24) is 20.1 Å². The van der Waals surface area contributed by atoms with Crippen LogP contribution in [0.25, 0.3) is 0 Å². The van der Waals surface area contributed by atoms with Crippen LogP contribution in [0.1, 0.15) is 53.7 Å². The van der Waals surface area contributed by atoms with E-state index in [9.17, 15) is 0 Å². The zero-order valence-electron chi connectivity index (χ0n) is 13.1. The molecule has 3 rings (SSSR count). The third-order valence-corrected chi connectivity index (χ3v) is 5.05. The largest absolute Gasteiger partial charge is 0.309 e. The van der Waals surface area contributed by atoms with Gasteiger partial charge < -0.3 is 5.32 Å². The number of rotatable bonds is 7. The van der Waals surface area contributed by atoms with Gasteiger partial charge in [0, 0.05) is 35.2 Å². The van der Waals surface area contributed by atoms with Crippen molar-refractivity contribution in [2.75, 3.05) is 0 Å². The highest BCUT2D eigenvalue weighted by Crippen LogP contribution is 2.25. The Morgan fingerprint density at radius 1 is 1.33 bits per heavy atom. The van der Waals surface area contributed by atoms with Gasteiger partial charge in [0.1, 0.15) is 5.82 Å². The summed E-state index contributed by atoms with van der Waals surface area (Å²) in [7, 11) is 0. The summed E-state index contributed by atoms with van der Waals surface area (Å²) in [6.07, 6.45) is 4.52. The summed E-state index contributed by atoms with van der Waals surface area (Å²) in [6, 6.07) is 3.10. The van der Waals surface area contributed by atoms with Gasteiger partial charge in [0.25, 0.3) is 0 Å². The van der Waals surface area contributed by atoms with Crippen LogP contribution in [-0.4, -0.2) is 20.8 Å². The van der Waals surface area contributed by atoms with Gasteiger partial charge in [-0.3, -0.25) is 0 Å². The molecule has 0 atom stereocenters. The molecule has 0 radical (unpaired) electrons. The topological polar surface area (TPSA) is 42.7 Å². The molecule has 1 aliphatic carbocycles. The molecule has 0 spiro atoms. The Balaban J connectivity index is 1.72. The number of thiophene rings is 1. The van der Waals surface area contributed by atoms with Crippen LogP contribution in [0.5, 0.6) is 0 Å². The van der Waals surface area contributed by atoms with E-state index in [1.807, 2.05) is 11.3 Å². The summed E-state index contributed by atoms with van der Waals surface area (Å²) in [5, 5.41) is 8.21. The van der Waals surface area contributed by atoms with Crippen LogP contribution in [0.3, 0.4) is 0 Å². The van der Waals surface area contributed by atoms with E-state index in [0.29, 0.717) is 0 Å². The third-order valence-electron chi connectivity index (χ3n) is 3.96. The zero-order chi connectivity index (χ0) is 14.8. The molecule has 1 fully saturated rings. The molecule has 5 heteroatoms. The van der Waals surface area contributed by atoms with Crippen molar-refractivity contribution in [2.45, 2.75) is 65.6 Å². The van der Waals surface area contributed by atoms with Gasteiger partial charge in [-0.05, 0) is 31.4 Å². The molecule has 2 aromatic rings. The first-order chi connectivity index (χ1) is 10.2. The van der Waals surface area contributed by atoms with Crippen molar-refractivity contribution in [3.63, 3.8) is 0 Å². The first-order valence-electron chi connectivity index (χ1n) is 7.93. The van der Waals surface area contributed by atoms with Gasteiger partial charge in [-0.15, -0.1) is 11.3 Å². The number of aromatic nitrogens is 3. The fourth-order valence-electron chi connectivity index (χ4n) is 2.49. The van der Waals surface area contributed by atoms with Crippen molar-refractivity contribution in [1.29, 1.82) is 0 Å². The normalized spacial score (nSPS) is 14.8. The maximum absolute atomic E-state index is 4.62. The molecule has 0 aromatic carbocycles. The van der Waals surface area contributed by atoms with Gasteiger partial charge in [-0.25, -0.2) is 9.67 Å². The second kappa shape index (κ2) is 6.28. The van der Waals surface area contributed by atoms with E-state index in [4.69, 9.17) is 0 Å². The molecule has 1 N–H and O–H groups in total. The van der Waals surface area contributed by atoms with Gasteiger partial charge in [0.2, 0.25) is 0 Å². The predicted molar refractivity (Wildman–Crippen MR) is 86.8 cm³/mol. The van der Waals surface area contributed by atoms with E-state index in [2.05, 4.69) is 46.9 Å². The highest BCUT2D eigenvalue weighted by Gasteiger charge is 2.20. The average Bonchev–Trinajstić information content (AvgIpc) is 3.13. The molecular weight excluding hydrogens is 280 g/mol. The quantitative estimate of drug-likeness (QED) is 0.855. The summed E-state index contributed by atoms with van der Waals surface area (Å²) in [5.74, 6) is 2.05. The molecule has 0 amide bonds. The number of hydrogen-bond acceptors (Lipinski definition) is 4. The summed E-state index contributed by atoms with van der Waals surface area (Å²) in [6.45, 7) is 8.32. The molecule has 2 aromatic heterocycles. The molecule has 0 unspecified atom stereocenters. The Morgan fingerprint density at radius 2 is 2.14 bits per heavy atom. The van der Waals surface area contributed by atoms with Gasteiger partial charge in [-0.2, -0.15) is 5.10 Å². The van der Waals surface area contributed by atoms with Crippen LogP contribution in [-0.2, 0) is 25.9 Å².